The minimum atomic E-state index is -0.125. The second-order valence-electron chi connectivity index (χ2n) is 6.88. The van der Waals surface area contributed by atoms with Gasteiger partial charge in [-0.15, -0.1) is 0 Å². The first kappa shape index (κ1) is 17.9. The molecule has 26 heavy (non-hydrogen) atoms. The number of carbonyl (C=O) groups is 1. The van der Waals surface area contributed by atoms with E-state index in [1.54, 1.807) is 16.6 Å². The van der Waals surface area contributed by atoms with E-state index in [-0.39, 0.29) is 11.5 Å². The van der Waals surface area contributed by atoms with Crippen LogP contribution in [0.3, 0.4) is 0 Å². The van der Waals surface area contributed by atoms with Crippen LogP contribution in [-0.4, -0.2) is 32.6 Å². The van der Waals surface area contributed by atoms with Gasteiger partial charge in [-0.2, -0.15) is 5.10 Å². The van der Waals surface area contributed by atoms with E-state index in [9.17, 15) is 9.59 Å². The number of aryl methyl sites for hydroxylation is 4. The van der Waals surface area contributed by atoms with Crippen LogP contribution in [0.15, 0.2) is 35.3 Å². The molecule has 0 spiro atoms. The molecule has 0 fully saturated rings. The topological polar surface area (TPSA) is 71.0 Å². The fourth-order valence-corrected chi connectivity index (χ4v) is 3.14. The van der Waals surface area contributed by atoms with Gasteiger partial charge in [0, 0.05) is 49.9 Å². The highest BCUT2D eigenvalue weighted by Crippen LogP contribution is 2.14. The molecule has 6 nitrogen and oxygen atoms in total. The lowest BCUT2D eigenvalue weighted by Gasteiger charge is -2.16. The van der Waals surface area contributed by atoms with Crippen molar-refractivity contribution in [3.8, 4) is 0 Å². The van der Waals surface area contributed by atoms with E-state index in [0.717, 1.165) is 27.7 Å². The lowest BCUT2D eigenvalue weighted by molar-refractivity contribution is -0.130. The standard InChI is InChI=1S/C20H24N4O2/c1-13-5-7-18-16(9-13)10-15(20(26)21-18)6-8-19(25)23(3)11-17-12-24(4)22-14(17)2/h5,7,9-10,12H,6,8,11H2,1-4H3,(H,21,26). The summed E-state index contributed by atoms with van der Waals surface area (Å²) < 4.78 is 1.75. The van der Waals surface area contributed by atoms with Gasteiger partial charge in [-0.25, -0.2) is 0 Å². The van der Waals surface area contributed by atoms with E-state index in [4.69, 9.17) is 0 Å². The second kappa shape index (κ2) is 7.15. The second-order valence-corrected chi connectivity index (χ2v) is 6.88. The number of hydrogen-bond acceptors (Lipinski definition) is 3. The van der Waals surface area contributed by atoms with E-state index >= 15 is 0 Å². The van der Waals surface area contributed by atoms with Gasteiger partial charge in [0.1, 0.15) is 0 Å². The Bertz CT molecular complexity index is 1020. The van der Waals surface area contributed by atoms with Gasteiger partial charge in [-0.05, 0) is 43.9 Å². The van der Waals surface area contributed by atoms with Crippen LogP contribution in [0.2, 0.25) is 0 Å². The maximum Gasteiger partial charge on any atom is 0.251 e. The third kappa shape index (κ3) is 3.85. The van der Waals surface area contributed by atoms with Crippen LogP contribution in [0.5, 0.6) is 0 Å². The molecule has 0 unspecified atom stereocenters. The van der Waals surface area contributed by atoms with Crippen molar-refractivity contribution in [3.63, 3.8) is 0 Å². The van der Waals surface area contributed by atoms with Gasteiger partial charge in [-0.1, -0.05) is 11.6 Å². The van der Waals surface area contributed by atoms with Crippen molar-refractivity contribution in [1.82, 2.24) is 19.7 Å². The number of H-pyrrole nitrogens is 1. The predicted molar refractivity (Wildman–Crippen MR) is 102 cm³/mol. The molecule has 3 aromatic rings. The van der Waals surface area contributed by atoms with Gasteiger partial charge >= 0.3 is 0 Å². The zero-order valence-corrected chi connectivity index (χ0v) is 15.7. The molecule has 2 heterocycles. The van der Waals surface area contributed by atoms with E-state index < -0.39 is 0 Å². The molecule has 0 bridgehead atoms. The fourth-order valence-electron chi connectivity index (χ4n) is 3.14. The number of aromatic nitrogens is 3. The molecule has 2 aromatic heterocycles. The summed E-state index contributed by atoms with van der Waals surface area (Å²) in [5, 5.41) is 5.29. The van der Waals surface area contributed by atoms with Crippen LogP contribution in [-0.2, 0) is 24.8 Å². The molecule has 0 saturated heterocycles. The smallest absolute Gasteiger partial charge is 0.251 e. The Morgan fingerprint density at radius 2 is 2.00 bits per heavy atom. The number of nitrogens with one attached hydrogen (secondary N) is 1. The predicted octanol–water partition coefficient (Wildman–Crippen LogP) is 2.47. The van der Waals surface area contributed by atoms with Crippen LogP contribution in [0.1, 0.15) is 28.8 Å². The zero-order chi connectivity index (χ0) is 18.8. The molecule has 0 radical (unpaired) electrons. The molecule has 1 N–H and O–H groups in total. The zero-order valence-electron chi connectivity index (χ0n) is 15.7. The third-order valence-electron chi connectivity index (χ3n) is 4.63. The van der Waals surface area contributed by atoms with Crippen LogP contribution in [0.4, 0.5) is 0 Å². The molecular weight excluding hydrogens is 328 g/mol. The van der Waals surface area contributed by atoms with Crippen LogP contribution < -0.4 is 5.56 Å². The van der Waals surface area contributed by atoms with E-state index in [0.29, 0.717) is 24.9 Å². The Balaban J connectivity index is 1.69. The van der Waals surface area contributed by atoms with Crippen molar-refractivity contribution in [1.29, 1.82) is 0 Å². The van der Waals surface area contributed by atoms with Gasteiger partial charge < -0.3 is 9.88 Å². The Labute approximate surface area is 152 Å². The summed E-state index contributed by atoms with van der Waals surface area (Å²) in [5.74, 6) is 0.0111. The number of amides is 1. The minimum absolute atomic E-state index is 0.0111. The van der Waals surface area contributed by atoms with Gasteiger partial charge in [0.25, 0.3) is 5.56 Å². The molecule has 0 aliphatic rings. The van der Waals surface area contributed by atoms with Gasteiger partial charge in [0.2, 0.25) is 5.91 Å². The number of hydrogen-bond donors (Lipinski definition) is 1. The monoisotopic (exact) mass is 352 g/mol. The first-order valence-electron chi connectivity index (χ1n) is 8.69. The number of benzene rings is 1. The third-order valence-corrected chi connectivity index (χ3v) is 4.63. The number of fused-ring (bicyclic) bond motifs is 1. The van der Waals surface area contributed by atoms with Gasteiger partial charge in [0.05, 0.1) is 5.69 Å². The lowest BCUT2D eigenvalue weighted by atomic mass is 10.1. The molecule has 6 heteroatoms. The minimum Gasteiger partial charge on any atom is -0.341 e. The Hall–Kier alpha value is -2.89. The summed E-state index contributed by atoms with van der Waals surface area (Å²) in [6.45, 7) is 4.47. The Kier molecular flexibility index (Phi) is 4.93. The molecule has 1 aromatic carbocycles. The number of carbonyl (C=O) groups excluding carboxylic acids is 1. The molecule has 0 aliphatic heterocycles. The van der Waals surface area contributed by atoms with Crippen molar-refractivity contribution in [2.75, 3.05) is 7.05 Å². The molecule has 136 valence electrons. The molecule has 3 rings (SSSR count). The fraction of sp³-hybridized carbons (Fsp3) is 0.350. The van der Waals surface area contributed by atoms with Gasteiger partial charge in [0.15, 0.2) is 0 Å². The van der Waals surface area contributed by atoms with E-state index in [1.807, 2.05) is 51.4 Å². The van der Waals surface area contributed by atoms with Crippen molar-refractivity contribution in [3.05, 3.63) is 63.2 Å². The van der Waals surface area contributed by atoms with Crippen molar-refractivity contribution >= 4 is 16.8 Å². The molecule has 0 saturated carbocycles. The largest absolute Gasteiger partial charge is 0.341 e. The maximum absolute atomic E-state index is 12.5. The SMILES string of the molecule is Cc1ccc2[nH]c(=O)c(CCC(=O)N(C)Cc3cn(C)nc3C)cc2c1. The highest BCUT2D eigenvalue weighted by Gasteiger charge is 2.13. The summed E-state index contributed by atoms with van der Waals surface area (Å²) in [5.41, 5.74) is 4.43. The molecular formula is C20H24N4O2. The van der Waals surface area contributed by atoms with E-state index in [1.165, 1.54) is 0 Å². The summed E-state index contributed by atoms with van der Waals surface area (Å²) in [6.07, 6.45) is 2.65. The van der Waals surface area contributed by atoms with Crippen LogP contribution in [0.25, 0.3) is 10.9 Å². The number of rotatable bonds is 5. The first-order chi connectivity index (χ1) is 12.3. The molecule has 1 amide bonds. The van der Waals surface area contributed by atoms with Crippen LogP contribution >= 0.6 is 0 Å². The summed E-state index contributed by atoms with van der Waals surface area (Å²) in [7, 11) is 3.65. The molecule has 0 aliphatic carbocycles. The summed E-state index contributed by atoms with van der Waals surface area (Å²) >= 11 is 0. The quantitative estimate of drug-likeness (QED) is 0.767. The average molecular weight is 352 g/mol. The summed E-state index contributed by atoms with van der Waals surface area (Å²) in [6, 6.07) is 7.80. The van der Waals surface area contributed by atoms with Crippen LogP contribution in [0, 0.1) is 13.8 Å². The van der Waals surface area contributed by atoms with Crippen molar-refractivity contribution in [2.24, 2.45) is 7.05 Å². The molecule has 0 atom stereocenters. The van der Waals surface area contributed by atoms with E-state index in [2.05, 4.69) is 10.1 Å². The normalized spacial score (nSPS) is 11.1. The highest BCUT2D eigenvalue weighted by molar-refractivity contribution is 5.80. The number of nitrogens with zero attached hydrogens (tertiary/aromatic N) is 3. The summed E-state index contributed by atoms with van der Waals surface area (Å²) in [4.78, 5) is 29.3. The van der Waals surface area contributed by atoms with Crippen molar-refractivity contribution < 1.29 is 4.79 Å². The Morgan fingerprint density at radius 3 is 2.69 bits per heavy atom. The number of pyridine rings is 1. The number of aromatic amines is 1. The van der Waals surface area contributed by atoms with Crippen molar-refractivity contribution in [2.45, 2.75) is 33.2 Å². The lowest BCUT2D eigenvalue weighted by Crippen LogP contribution is -2.27. The Morgan fingerprint density at radius 1 is 1.23 bits per heavy atom. The first-order valence-corrected chi connectivity index (χ1v) is 8.69. The average Bonchev–Trinajstić information content (AvgIpc) is 2.90. The maximum atomic E-state index is 12.5. The van der Waals surface area contributed by atoms with Gasteiger partial charge in [-0.3, -0.25) is 14.3 Å². The highest BCUT2D eigenvalue weighted by atomic mass is 16.2.